The van der Waals surface area contributed by atoms with Gasteiger partial charge in [0.1, 0.15) is 11.8 Å². The molecule has 122 valence electrons. The molecule has 3 rings (SSSR count). The van der Waals surface area contributed by atoms with E-state index in [-0.39, 0.29) is 0 Å². The van der Waals surface area contributed by atoms with Crippen LogP contribution in [0.25, 0.3) is 0 Å². The highest BCUT2D eigenvalue weighted by Gasteiger charge is 2.36. The summed E-state index contributed by atoms with van der Waals surface area (Å²) in [5.74, 6) is 1.73. The highest BCUT2D eigenvalue weighted by Crippen LogP contribution is 2.36. The molecule has 0 aliphatic carbocycles. The number of ether oxygens (including phenoxy) is 1. The third-order valence-corrected chi connectivity index (χ3v) is 4.53. The van der Waals surface area contributed by atoms with Gasteiger partial charge in [-0.25, -0.2) is 9.48 Å². The van der Waals surface area contributed by atoms with Crippen LogP contribution in [-0.2, 0) is 9.53 Å². The number of anilines is 1. The summed E-state index contributed by atoms with van der Waals surface area (Å²) in [7, 11) is 1.36. The number of hydrogen-bond donors (Lipinski definition) is 1. The van der Waals surface area contributed by atoms with Crippen molar-refractivity contribution in [2.24, 2.45) is 0 Å². The van der Waals surface area contributed by atoms with Crippen molar-refractivity contribution in [1.82, 2.24) is 14.8 Å². The van der Waals surface area contributed by atoms with Gasteiger partial charge in [-0.3, -0.25) is 0 Å². The lowest BCUT2D eigenvalue weighted by molar-refractivity contribution is -0.136. The zero-order valence-electron chi connectivity index (χ0n) is 13.2. The summed E-state index contributed by atoms with van der Waals surface area (Å²) in [5, 5.41) is 8.33. The minimum absolute atomic E-state index is 0.416. The van der Waals surface area contributed by atoms with Gasteiger partial charge in [0.25, 0.3) is 0 Å². The molecule has 0 radical (unpaired) electrons. The Kier molecular flexibility index (Phi) is 4.42. The number of esters is 1. The van der Waals surface area contributed by atoms with E-state index >= 15 is 0 Å². The van der Waals surface area contributed by atoms with E-state index in [1.165, 1.54) is 7.11 Å². The molecule has 0 aromatic carbocycles. The summed E-state index contributed by atoms with van der Waals surface area (Å²) < 4.78 is 12.1. The molecule has 1 aliphatic heterocycles. The van der Waals surface area contributed by atoms with Crippen molar-refractivity contribution in [2.45, 2.75) is 31.5 Å². The van der Waals surface area contributed by atoms with E-state index in [4.69, 9.17) is 9.15 Å². The Labute approximate surface area is 138 Å². The molecule has 0 saturated carbocycles. The molecule has 1 unspecified atom stereocenters. The van der Waals surface area contributed by atoms with Crippen LogP contribution in [0.2, 0.25) is 0 Å². The Morgan fingerprint density at radius 1 is 1.57 bits per heavy atom. The van der Waals surface area contributed by atoms with Gasteiger partial charge < -0.3 is 14.5 Å². The third-order valence-electron chi connectivity index (χ3n) is 3.49. The molecule has 2 aromatic heterocycles. The van der Waals surface area contributed by atoms with Crippen LogP contribution in [0.5, 0.6) is 0 Å². The standard InChI is InChI=1S/C15H18N4O3S/c1-4-8-23-15-17-14-16-9(2)11(13(20)21-3)12(19(14)18-15)10-6-5-7-22-10/h5-7,12H,4,8H2,1-3H3,(H,16,17,18). The molecule has 2 aromatic rings. The van der Waals surface area contributed by atoms with Crippen molar-refractivity contribution < 1.29 is 13.9 Å². The van der Waals surface area contributed by atoms with Crippen LogP contribution in [0.3, 0.4) is 0 Å². The number of methoxy groups -OCH3 is 1. The number of hydrogen-bond acceptors (Lipinski definition) is 7. The van der Waals surface area contributed by atoms with Crippen molar-refractivity contribution in [3.8, 4) is 0 Å². The molecule has 0 fully saturated rings. The first-order chi connectivity index (χ1) is 11.2. The van der Waals surface area contributed by atoms with E-state index in [9.17, 15) is 4.79 Å². The van der Waals surface area contributed by atoms with Crippen LogP contribution >= 0.6 is 11.8 Å². The van der Waals surface area contributed by atoms with Crippen molar-refractivity contribution in [3.05, 3.63) is 35.4 Å². The Morgan fingerprint density at radius 3 is 3.04 bits per heavy atom. The molecule has 1 atom stereocenters. The SMILES string of the molecule is CCCSc1nc2n(n1)C(c1ccco1)C(C(=O)OC)=C(C)N2. The molecular weight excluding hydrogens is 316 g/mol. The smallest absolute Gasteiger partial charge is 0.338 e. The normalized spacial score (nSPS) is 16.9. The van der Waals surface area contributed by atoms with Crippen molar-refractivity contribution >= 4 is 23.7 Å². The van der Waals surface area contributed by atoms with Crippen LogP contribution in [-0.4, -0.2) is 33.6 Å². The second-order valence-corrected chi connectivity index (χ2v) is 6.15. The number of carbonyl (C=O) groups is 1. The van der Waals surface area contributed by atoms with E-state index in [0.29, 0.717) is 28.1 Å². The van der Waals surface area contributed by atoms with Crippen molar-refractivity contribution in [3.63, 3.8) is 0 Å². The molecule has 0 amide bonds. The monoisotopic (exact) mass is 334 g/mol. The highest BCUT2D eigenvalue weighted by molar-refractivity contribution is 7.99. The largest absolute Gasteiger partial charge is 0.467 e. The zero-order valence-corrected chi connectivity index (χ0v) is 14.0. The van der Waals surface area contributed by atoms with Crippen LogP contribution in [0.15, 0.2) is 39.2 Å². The first-order valence-corrected chi connectivity index (χ1v) is 8.33. The molecule has 23 heavy (non-hydrogen) atoms. The first-order valence-electron chi connectivity index (χ1n) is 7.34. The molecule has 1 aliphatic rings. The van der Waals surface area contributed by atoms with Crippen molar-refractivity contribution in [1.29, 1.82) is 0 Å². The fraction of sp³-hybridized carbons (Fsp3) is 0.400. The number of furan rings is 1. The van der Waals surface area contributed by atoms with Gasteiger partial charge in [0.2, 0.25) is 11.1 Å². The first kappa shape index (κ1) is 15.7. The van der Waals surface area contributed by atoms with E-state index < -0.39 is 12.0 Å². The van der Waals surface area contributed by atoms with Gasteiger partial charge in [-0.15, -0.1) is 5.10 Å². The van der Waals surface area contributed by atoms with Crippen LogP contribution in [0.1, 0.15) is 32.1 Å². The quantitative estimate of drug-likeness (QED) is 0.665. The molecule has 3 heterocycles. The van der Waals surface area contributed by atoms with E-state index in [1.807, 2.05) is 13.0 Å². The number of aromatic nitrogens is 3. The van der Waals surface area contributed by atoms with E-state index in [1.54, 1.807) is 28.8 Å². The Morgan fingerprint density at radius 2 is 2.39 bits per heavy atom. The zero-order chi connectivity index (χ0) is 16.4. The molecule has 1 N–H and O–H groups in total. The van der Waals surface area contributed by atoms with Gasteiger partial charge >= 0.3 is 5.97 Å². The summed E-state index contributed by atoms with van der Waals surface area (Å²) in [6, 6.07) is 3.11. The Bertz CT molecular complexity index is 736. The second-order valence-electron chi connectivity index (χ2n) is 5.08. The third kappa shape index (κ3) is 2.86. The Balaban J connectivity index is 2.07. The average molecular weight is 334 g/mol. The number of fused-ring (bicyclic) bond motifs is 1. The minimum atomic E-state index is -0.489. The molecule has 8 heteroatoms. The molecule has 0 bridgehead atoms. The van der Waals surface area contributed by atoms with Crippen LogP contribution in [0.4, 0.5) is 5.95 Å². The Hall–Kier alpha value is -2.22. The molecule has 0 spiro atoms. The second kappa shape index (κ2) is 6.49. The average Bonchev–Trinajstić information content (AvgIpc) is 3.20. The van der Waals surface area contributed by atoms with E-state index in [0.717, 1.165) is 12.2 Å². The fourth-order valence-corrected chi connectivity index (χ4v) is 3.15. The maximum Gasteiger partial charge on any atom is 0.338 e. The predicted molar refractivity (Wildman–Crippen MR) is 86.2 cm³/mol. The van der Waals surface area contributed by atoms with Gasteiger partial charge in [0.15, 0.2) is 0 Å². The minimum Gasteiger partial charge on any atom is -0.467 e. The maximum atomic E-state index is 12.2. The number of nitrogens with zero attached hydrogens (tertiary/aromatic N) is 3. The highest BCUT2D eigenvalue weighted by atomic mass is 32.2. The van der Waals surface area contributed by atoms with Crippen LogP contribution < -0.4 is 5.32 Å². The van der Waals surface area contributed by atoms with Gasteiger partial charge in [0, 0.05) is 11.4 Å². The van der Waals surface area contributed by atoms with E-state index in [2.05, 4.69) is 22.3 Å². The summed E-state index contributed by atoms with van der Waals surface area (Å²) in [4.78, 5) is 16.7. The number of carbonyl (C=O) groups excluding carboxylic acids is 1. The predicted octanol–water partition coefficient (Wildman–Crippen LogP) is 2.84. The number of allylic oxidation sites excluding steroid dienone is 1. The van der Waals surface area contributed by atoms with Crippen LogP contribution in [0, 0.1) is 0 Å². The number of rotatable bonds is 5. The molecular formula is C15H18N4O3S. The van der Waals surface area contributed by atoms with Crippen molar-refractivity contribution in [2.75, 3.05) is 18.2 Å². The van der Waals surface area contributed by atoms with Gasteiger partial charge in [-0.05, 0) is 25.5 Å². The molecule has 0 saturated heterocycles. The summed E-state index contributed by atoms with van der Waals surface area (Å²) in [6.45, 7) is 3.92. The lowest BCUT2D eigenvalue weighted by atomic mass is 10.0. The lowest BCUT2D eigenvalue weighted by Gasteiger charge is -2.25. The fourth-order valence-electron chi connectivity index (χ4n) is 2.47. The maximum absolute atomic E-state index is 12.2. The van der Waals surface area contributed by atoms with Gasteiger partial charge in [-0.1, -0.05) is 18.7 Å². The summed E-state index contributed by atoms with van der Waals surface area (Å²) in [5.41, 5.74) is 1.15. The number of nitrogens with one attached hydrogen (secondary N) is 1. The topological polar surface area (TPSA) is 82.2 Å². The summed E-state index contributed by atoms with van der Waals surface area (Å²) >= 11 is 1.58. The lowest BCUT2D eigenvalue weighted by Crippen LogP contribution is -2.29. The van der Waals surface area contributed by atoms with Gasteiger partial charge in [-0.2, -0.15) is 4.98 Å². The number of thioether (sulfide) groups is 1. The molecule has 7 nitrogen and oxygen atoms in total. The summed E-state index contributed by atoms with van der Waals surface area (Å²) in [6.07, 6.45) is 2.61. The van der Waals surface area contributed by atoms with Gasteiger partial charge in [0.05, 0.1) is 18.9 Å².